The molecule has 0 aliphatic rings. The Morgan fingerprint density at radius 3 is 2.95 bits per heavy atom. The Morgan fingerprint density at radius 1 is 1.42 bits per heavy atom. The Hall–Kier alpha value is -1.90. The molecule has 19 heavy (non-hydrogen) atoms. The molecule has 3 nitrogen and oxygen atoms in total. The summed E-state index contributed by atoms with van der Waals surface area (Å²) in [6, 6.07) is 4.61. The number of benzene rings is 1. The maximum absolute atomic E-state index is 13.5. The second kappa shape index (κ2) is 6.32. The molecule has 0 aliphatic carbocycles. The van der Waals surface area contributed by atoms with Gasteiger partial charge in [-0.05, 0) is 17.7 Å². The summed E-state index contributed by atoms with van der Waals surface area (Å²) in [5.41, 5.74) is 1.10. The standard InChI is InChI=1S/C14H12FNO2S/c15-13-5-4-11(9-12(13)3-1-2-7-17)10-16-6-8-19-14(16)18/h4-6,8-9,17H,2,7,10H2. The van der Waals surface area contributed by atoms with E-state index in [9.17, 15) is 9.18 Å². The first-order chi connectivity index (χ1) is 9.20. The van der Waals surface area contributed by atoms with E-state index in [1.807, 2.05) is 0 Å². The second-order valence-corrected chi connectivity index (χ2v) is 4.74. The first-order valence-corrected chi connectivity index (χ1v) is 6.61. The molecule has 0 unspecified atom stereocenters. The summed E-state index contributed by atoms with van der Waals surface area (Å²) in [7, 11) is 0. The molecule has 0 aliphatic heterocycles. The van der Waals surface area contributed by atoms with Gasteiger partial charge in [-0.15, -0.1) is 0 Å². The number of hydrogen-bond acceptors (Lipinski definition) is 3. The predicted molar refractivity (Wildman–Crippen MR) is 72.7 cm³/mol. The van der Waals surface area contributed by atoms with Gasteiger partial charge in [-0.25, -0.2) is 4.39 Å². The van der Waals surface area contributed by atoms with Crippen molar-refractivity contribution in [2.45, 2.75) is 13.0 Å². The van der Waals surface area contributed by atoms with Gasteiger partial charge in [-0.2, -0.15) is 0 Å². The SMILES string of the molecule is O=c1sccn1Cc1ccc(F)c(C#CCCO)c1. The van der Waals surface area contributed by atoms with Gasteiger partial charge < -0.3 is 9.67 Å². The van der Waals surface area contributed by atoms with Gasteiger partial charge in [0.1, 0.15) is 5.82 Å². The van der Waals surface area contributed by atoms with Crippen molar-refractivity contribution < 1.29 is 9.50 Å². The van der Waals surface area contributed by atoms with E-state index < -0.39 is 5.82 Å². The van der Waals surface area contributed by atoms with Gasteiger partial charge >= 0.3 is 4.87 Å². The average molecular weight is 277 g/mol. The summed E-state index contributed by atoms with van der Waals surface area (Å²) in [6.07, 6.45) is 2.02. The van der Waals surface area contributed by atoms with Crippen LogP contribution in [0.3, 0.4) is 0 Å². The zero-order chi connectivity index (χ0) is 13.7. The summed E-state index contributed by atoms with van der Waals surface area (Å²) >= 11 is 1.13. The van der Waals surface area contributed by atoms with Gasteiger partial charge in [0, 0.05) is 18.0 Å². The highest BCUT2D eigenvalue weighted by Crippen LogP contribution is 2.11. The summed E-state index contributed by atoms with van der Waals surface area (Å²) in [5.74, 6) is 4.97. The minimum Gasteiger partial charge on any atom is -0.395 e. The average Bonchev–Trinajstić information content (AvgIpc) is 2.79. The van der Waals surface area contributed by atoms with Crippen LogP contribution >= 0.6 is 11.3 Å². The van der Waals surface area contributed by atoms with Crippen molar-refractivity contribution in [1.29, 1.82) is 0 Å². The smallest absolute Gasteiger partial charge is 0.307 e. The normalized spacial score (nSPS) is 10.0. The Bertz CT molecular complexity index is 678. The first-order valence-electron chi connectivity index (χ1n) is 5.73. The first kappa shape index (κ1) is 13.5. The topological polar surface area (TPSA) is 42.2 Å². The zero-order valence-electron chi connectivity index (χ0n) is 10.1. The van der Waals surface area contributed by atoms with E-state index in [2.05, 4.69) is 11.8 Å². The Kier molecular flexibility index (Phi) is 4.50. The molecule has 98 valence electrons. The Morgan fingerprint density at radius 2 is 2.26 bits per heavy atom. The van der Waals surface area contributed by atoms with E-state index in [-0.39, 0.29) is 17.0 Å². The summed E-state index contributed by atoms with van der Waals surface area (Å²) in [4.78, 5) is 11.4. The highest BCUT2D eigenvalue weighted by Gasteiger charge is 2.03. The van der Waals surface area contributed by atoms with Crippen LogP contribution in [0, 0.1) is 17.7 Å². The highest BCUT2D eigenvalue weighted by molar-refractivity contribution is 7.07. The van der Waals surface area contributed by atoms with Crippen LogP contribution in [0.4, 0.5) is 4.39 Å². The van der Waals surface area contributed by atoms with Gasteiger partial charge in [0.25, 0.3) is 0 Å². The molecular formula is C14H12FNO2S. The van der Waals surface area contributed by atoms with Gasteiger partial charge in [0.2, 0.25) is 0 Å². The van der Waals surface area contributed by atoms with Crippen molar-refractivity contribution in [3.8, 4) is 11.8 Å². The lowest BCUT2D eigenvalue weighted by molar-refractivity contribution is 0.305. The highest BCUT2D eigenvalue weighted by atomic mass is 32.1. The maximum atomic E-state index is 13.5. The summed E-state index contributed by atoms with van der Waals surface area (Å²) < 4.78 is 15.1. The largest absolute Gasteiger partial charge is 0.395 e. The summed E-state index contributed by atoms with van der Waals surface area (Å²) in [6.45, 7) is 0.357. The van der Waals surface area contributed by atoms with Crippen LogP contribution in [0.5, 0.6) is 0 Å². The fourth-order valence-electron chi connectivity index (χ4n) is 1.58. The van der Waals surface area contributed by atoms with Crippen LogP contribution in [0.15, 0.2) is 34.6 Å². The lowest BCUT2D eigenvalue weighted by Gasteiger charge is -2.03. The van der Waals surface area contributed by atoms with Gasteiger partial charge in [-0.3, -0.25) is 4.79 Å². The maximum Gasteiger partial charge on any atom is 0.307 e. The molecule has 0 spiro atoms. The Balaban J connectivity index is 2.24. The molecule has 1 aromatic heterocycles. The molecule has 5 heteroatoms. The van der Waals surface area contributed by atoms with Crippen molar-refractivity contribution in [2.75, 3.05) is 6.61 Å². The lowest BCUT2D eigenvalue weighted by atomic mass is 10.1. The van der Waals surface area contributed by atoms with E-state index in [0.717, 1.165) is 16.9 Å². The Labute approximate surface area is 114 Å². The summed E-state index contributed by atoms with van der Waals surface area (Å²) in [5, 5.41) is 10.4. The van der Waals surface area contributed by atoms with Crippen LogP contribution in [-0.2, 0) is 6.54 Å². The van der Waals surface area contributed by atoms with Crippen molar-refractivity contribution in [3.05, 3.63) is 56.4 Å². The minimum atomic E-state index is -0.396. The van der Waals surface area contributed by atoms with Gasteiger partial charge in [0.15, 0.2) is 0 Å². The minimum absolute atomic E-state index is 0.0430. The number of halogens is 1. The monoisotopic (exact) mass is 277 g/mol. The third kappa shape index (κ3) is 3.53. The molecule has 1 aromatic carbocycles. The van der Waals surface area contributed by atoms with Crippen LogP contribution in [0.2, 0.25) is 0 Å². The predicted octanol–water partition coefficient (Wildman–Crippen LogP) is 1.83. The number of aliphatic hydroxyl groups excluding tert-OH is 1. The molecule has 2 rings (SSSR count). The number of thiazole rings is 1. The third-order valence-electron chi connectivity index (χ3n) is 2.49. The molecule has 0 atom stereocenters. The quantitative estimate of drug-likeness (QED) is 0.870. The molecular weight excluding hydrogens is 265 g/mol. The molecule has 0 amide bonds. The van der Waals surface area contributed by atoms with Crippen molar-refractivity contribution in [2.24, 2.45) is 0 Å². The van der Waals surface area contributed by atoms with E-state index in [0.29, 0.717) is 13.0 Å². The third-order valence-corrected chi connectivity index (χ3v) is 3.18. The van der Waals surface area contributed by atoms with E-state index >= 15 is 0 Å². The van der Waals surface area contributed by atoms with Crippen molar-refractivity contribution >= 4 is 11.3 Å². The van der Waals surface area contributed by atoms with Gasteiger partial charge in [-0.1, -0.05) is 29.2 Å². The fraction of sp³-hybridized carbons (Fsp3) is 0.214. The molecule has 1 heterocycles. The fourth-order valence-corrected chi connectivity index (χ4v) is 2.17. The van der Waals surface area contributed by atoms with Gasteiger partial charge in [0.05, 0.1) is 18.7 Å². The molecule has 0 radical (unpaired) electrons. The molecule has 0 saturated carbocycles. The number of aliphatic hydroxyl groups is 1. The van der Waals surface area contributed by atoms with Crippen LogP contribution < -0.4 is 4.87 Å². The number of hydrogen-bond donors (Lipinski definition) is 1. The number of nitrogens with zero attached hydrogens (tertiary/aromatic N) is 1. The van der Waals surface area contributed by atoms with E-state index in [4.69, 9.17) is 5.11 Å². The van der Waals surface area contributed by atoms with E-state index in [1.165, 1.54) is 6.07 Å². The van der Waals surface area contributed by atoms with E-state index in [1.54, 1.807) is 28.3 Å². The van der Waals surface area contributed by atoms with Crippen LogP contribution in [-0.4, -0.2) is 16.3 Å². The molecule has 0 bridgehead atoms. The zero-order valence-corrected chi connectivity index (χ0v) is 10.9. The second-order valence-electron chi connectivity index (χ2n) is 3.89. The van der Waals surface area contributed by atoms with Crippen molar-refractivity contribution in [3.63, 3.8) is 0 Å². The molecule has 2 aromatic rings. The molecule has 1 N–H and O–H groups in total. The molecule has 0 saturated heterocycles. The van der Waals surface area contributed by atoms with Crippen LogP contribution in [0.1, 0.15) is 17.5 Å². The molecule has 0 fully saturated rings. The van der Waals surface area contributed by atoms with Crippen LogP contribution in [0.25, 0.3) is 0 Å². The number of aromatic nitrogens is 1. The number of rotatable bonds is 3. The lowest BCUT2D eigenvalue weighted by Crippen LogP contribution is -2.12. The van der Waals surface area contributed by atoms with Crippen molar-refractivity contribution in [1.82, 2.24) is 4.57 Å².